The molecule has 0 spiro atoms. The van der Waals surface area contributed by atoms with Crippen molar-refractivity contribution in [2.45, 2.75) is 58.6 Å². The Morgan fingerprint density at radius 1 is 1.36 bits per heavy atom. The van der Waals surface area contributed by atoms with E-state index in [4.69, 9.17) is 4.74 Å². The Balaban J connectivity index is 1.80. The van der Waals surface area contributed by atoms with Crippen LogP contribution in [0.3, 0.4) is 0 Å². The molecule has 2 amide bonds. The lowest BCUT2D eigenvalue weighted by molar-refractivity contribution is -0.130. The molecule has 0 aliphatic carbocycles. The van der Waals surface area contributed by atoms with Crippen molar-refractivity contribution in [3.05, 3.63) is 33.8 Å². The molecule has 0 bridgehead atoms. The highest BCUT2D eigenvalue weighted by Gasteiger charge is 2.28. The first-order chi connectivity index (χ1) is 11.6. The van der Waals surface area contributed by atoms with Crippen LogP contribution in [0.25, 0.3) is 0 Å². The van der Waals surface area contributed by atoms with Crippen LogP contribution >= 0.6 is 15.9 Å². The average Bonchev–Trinajstić information content (AvgIpc) is 2.94. The number of hydrogen-bond acceptors (Lipinski definition) is 3. The van der Waals surface area contributed by atoms with E-state index in [-0.39, 0.29) is 11.9 Å². The summed E-state index contributed by atoms with van der Waals surface area (Å²) in [6.45, 7) is 8.79. The molecule has 138 valence electrons. The summed E-state index contributed by atoms with van der Waals surface area (Å²) in [6, 6.07) is 6.10. The van der Waals surface area contributed by atoms with Gasteiger partial charge < -0.3 is 15.0 Å². The zero-order valence-corrected chi connectivity index (χ0v) is 17.0. The Morgan fingerprint density at radius 3 is 2.76 bits per heavy atom. The van der Waals surface area contributed by atoms with Gasteiger partial charge in [0.05, 0.1) is 6.04 Å². The Labute approximate surface area is 158 Å². The fourth-order valence-electron chi connectivity index (χ4n) is 2.89. The van der Waals surface area contributed by atoms with Gasteiger partial charge in [-0.3, -0.25) is 4.79 Å². The summed E-state index contributed by atoms with van der Waals surface area (Å²) in [5, 5.41) is 2.85. The summed E-state index contributed by atoms with van der Waals surface area (Å²) in [4.78, 5) is 26.1. The van der Waals surface area contributed by atoms with Crippen LogP contribution in [0.5, 0.6) is 0 Å². The van der Waals surface area contributed by atoms with Gasteiger partial charge in [0.25, 0.3) is 0 Å². The molecule has 0 radical (unpaired) electrons. The molecule has 1 heterocycles. The van der Waals surface area contributed by atoms with E-state index in [1.54, 1.807) is 0 Å². The fraction of sp³-hybridized carbons (Fsp3) is 0.579. The van der Waals surface area contributed by atoms with E-state index in [0.29, 0.717) is 19.5 Å². The number of halogens is 1. The molecule has 1 aromatic rings. The summed E-state index contributed by atoms with van der Waals surface area (Å²) >= 11 is 3.47. The van der Waals surface area contributed by atoms with Gasteiger partial charge in [-0.25, -0.2) is 4.79 Å². The van der Waals surface area contributed by atoms with Crippen LogP contribution in [-0.2, 0) is 16.0 Å². The normalized spacial score (nSPS) is 17.5. The second-order valence-electron chi connectivity index (χ2n) is 7.54. The number of hydrogen-bond donors (Lipinski definition) is 1. The molecule has 1 unspecified atom stereocenters. The third-order valence-corrected chi connectivity index (χ3v) is 4.67. The number of alkyl carbamates (subject to hydrolysis) is 1. The van der Waals surface area contributed by atoms with E-state index in [9.17, 15) is 9.59 Å². The zero-order chi connectivity index (χ0) is 18.6. The topological polar surface area (TPSA) is 58.6 Å². The molecule has 6 heteroatoms. The monoisotopic (exact) mass is 410 g/mol. The quantitative estimate of drug-likeness (QED) is 0.820. The molecule has 2 rings (SSSR count). The van der Waals surface area contributed by atoms with E-state index in [1.165, 1.54) is 11.1 Å². The van der Waals surface area contributed by atoms with Gasteiger partial charge in [-0.05, 0) is 63.8 Å². The molecule has 0 saturated carbocycles. The number of rotatable bonds is 4. The van der Waals surface area contributed by atoms with Crippen molar-refractivity contribution in [1.29, 1.82) is 0 Å². The number of carbonyl (C=O) groups is 2. The summed E-state index contributed by atoms with van der Waals surface area (Å²) in [5.41, 5.74) is 1.87. The lowest BCUT2D eigenvalue weighted by Crippen LogP contribution is -2.41. The molecule has 1 atom stereocenters. The van der Waals surface area contributed by atoms with E-state index in [1.807, 2.05) is 31.7 Å². The van der Waals surface area contributed by atoms with Crippen molar-refractivity contribution in [2.24, 2.45) is 0 Å². The zero-order valence-electron chi connectivity index (χ0n) is 15.4. The number of nitrogens with one attached hydrogen (secondary N) is 1. The van der Waals surface area contributed by atoms with Crippen molar-refractivity contribution in [2.75, 3.05) is 13.1 Å². The number of nitrogens with zero attached hydrogens (tertiary/aromatic N) is 1. The Bertz CT molecular complexity index is 640. The molecule has 5 nitrogen and oxygen atoms in total. The maximum absolute atomic E-state index is 12.4. The van der Waals surface area contributed by atoms with Gasteiger partial charge in [0.15, 0.2) is 0 Å². The summed E-state index contributed by atoms with van der Waals surface area (Å²) in [5.74, 6) is 0.132. The summed E-state index contributed by atoms with van der Waals surface area (Å²) < 4.78 is 6.30. The van der Waals surface area contributed by atoms with Crippen LogP contribution in [-0.4, -0.2) is 41.6 Å². The van der Waals surface area contributed by atoms with E-state index in [2.05, 4.69) is 40.3 Å². The number of carbonyl (C=O) groups excluding carboxylic acids is 2. The van der Waals surface area contributed by atoms with Gasteiger partial charge >= 0.3 is 6.09 Å². The minimum Gasteiger partial charge on any atom is -0.444 e. The van der Waals surface area contributed by atoms with Gasteiger partial charge in [0, 0.05) is 24.0 Å². The number of aryl methyl sites for hydroxylation is 2. The van der Waals surface area contributed by atoms with Crippen molar-refractivity contribution in [3.8, 4) is 0 Å². The maximum Gasteiger partial charge on any atom is 0.407 e. The third-order valence-electron chi connectivity index (χ3n) is 4.18. The molecule has 1 fully saturated rings. The highest BCUT2D eigenvalue weighted by Crippen LogP contribution is 2.19. The summed E-state index contributed by atoms with van der Waals surface area (Å²) in [6.07, 6.45) is 1.55. The van der Waals surface area contributed by atoms with Crippen LogP contribution < -0.4 is 5.32 Å². The second-order valence-corrected chi connectivity index (χ2v) is 8.46. The van der Waals surface area contributed by atoms with Crippen LogP contribution in [0.4, 0.5) is 4.79 Å². The lowest BCUT2D eigenvalue weighted by Gasteiger charge is -2.22. The van der Waals surface area contributed by atoms with Crippen molar-refractivity contribution < 1.29 is 14.3 Å². The van der Waals surface area contributed by atoms with Crippen LogP contribution in [0.2, 0.25) is 0 Å². The average molecular weight is 411 g/mol. The summed E-state index contributed by atoms with van der Waals surface area (Å²) in [7, 11) is 0. The van der Waals surface area contributed by atoms with E-state index in [0.717, 1.165) is 17.3 Å². The maximum atomic E-state index is 12.4. The van der Waals surface area contributed by atoms with E-state index >= 15 is 0 Å². The Kier molecular flexibility index (Phi) is 6.49. The van der Waals surface area contributed by atoms with E-state index < -0.39 is 11.7 Å². The number of ether oxygens (including phenoxy) is 1. The first-order valence-corrected chi connectivity index (χ1v) is 9.45. The van der Waals surface area contributed by atoms with Gasteiger partial charge in [0.2, 0.25) is 5.91 Å². The first-order valence-electron chi connectivity index (χ1n) is 8.66. The number of likely N-dealkylation sites (tertiary alicyclic amines) is 1. The Morgan fingerprint density at radius 2 is 2.08 bits per heavy atom. The van der Waals surface area contributed by atoms with Crippen LogP contribution in [0.1, 0.15) is 44.7 Å². The smallest absolute Gasteiger partial charge is 0.407 e. The molecule has 1 aromatic carbocycles. The van der Waals surface area contributed by atoms with Gasteiger partial charge in [-0.2, -0.15) is 0 Å². The van der Waals surface area contributed by atoms with Gasteiger partial charge in [0.1, 0.15) is 5.60 Å². The highest BCUT2D eigenvalue weighted by molar-refractivity contribution is 9.10. The lowest BCUT2D eigenvalue weighted by atomic mass is 10.0. The molecular formula is C19H27BrN2O3. The molecule has 25 heavy (non-hydrogen) atoms. The predicted octanol–water partition coefficient (Wildman–Crippen LogP) is 3.82. The van der Waals surface area contributed by atoms with Gasteiger partial charge in [-0.1, -0.05) is 22.0 Å². The van der Waals surface area contributed by atoms with Crippen molar-refractivity contribution in [1.82, 2.24) is 10.2 Å². The minimum absolute atomic E-state index is 0.0357. The van der Waals surface area contributed by atoms with Crippen molar-refractivity contribution >= 4 is 27.9 Å². The minimum atomic E-state index is -0.514. The number of benzene rings is 1. The molecule has 1 saturated heterocycles. The first kappa shape index (κ1) is 19.8. The molecule has 1 aliphatic heterocycles. The third kappa shape index (κ3) is 6.34. The largest absolute Gasteiger partial charge is 0.444 e. The van der Waals surface area contributed by atoms with Crippen LogP contribution in [0, 0.1) is 6.92 Å². The standard InChI is InChI=1S/C19H27BrN2O3/c1-13-5-7-15(20)11-14(13)6-8-17(23)22-10-9-16(12-22)21-18(24)25-19(2,3)4/h5,7,11,16H,6,8-10,12H2,1-4H3,(H,21,24). The van der Waals surface area contributed by atoms with Crippen molar-refractivity contribution in [3.63, 3.8) is 0 Å². The highest BCUT2D eigenvalue weighted by atomic mass is 79.9. The molecule has 1 N–H and O–H groups in total. The van der Waals surface area contributed by atoms with Gasteiger partial charge in [-0.15, -0.1) is 0 Å². The fourth-order valence-corrected chi connectivity index (χ4v) is 3.30. The van der Waals surface area contributed by atoms with Crippen LogP contribution in [0.15, 0.2) is 22.7 Å². The second kappa shape index (κ2) is 8.21. The molecule has 0 aromatic heterocycles. The number of amides is 2. The molecule has 1 aliphatic rings. The predicted molar refractivity (Wildman–Crippen MR) is 102 cm³/mol. The molecular weight excluding hydrogens is 384 g/mol. The Hall–Kier alpha value is -1.56. The SMILES string of the molecule is Cc1ccc(Br)cc1CCC(=O)N1CCC(NC(=O)OC(C)(C)C)C1.